The molecule has 0 saturated carbocycles. The summed E-state index contributed by atoms with van der Waals surface area (Å²) in [6, 6.07) is 1.10. The second-order valence-electron chi connectivity index (χ2n) is 4.99. The first kappa shape index (κ1) is 15.3. The predicted octanol–water partition coefficient (Wildman–Crippen LogP) is 2.20. The maximum Gasteiger partial charge on any atom is 0.307 e. The summed E-state index contributed by atoms with van der Waals surface area (Å²) in [5.41, 5.74) is -1.24. The van der Waals surface area contributed by atoms with E-state index in [1.807, 2.05) is 0 Å². The van der Waals surface area contributed by atoms with Gasteiger partial charge in [0.05, 0.1) is 10.6 Å². The molecule has 114 valence electrons. The number of nitrogens with one attached hydrogen (secondary N) is 2. The van der Waals surface area contributed by atoms with Crippen LogP contribution in [0.3, 0.4) is 0 Å². The molecule has 0 radical (unpaired) electrons. The van der Waals surface area contributed by atoms with E-state index in [-0.39, 0.29) is 18.0 Å². The number of nitro groups is 1. The van der Waals surface area contributed by atoms with Crippen LogP contribution < -0.4 is 10.6 Å². The summed E-state index contributed by atoms with van der Waals surface area (Å²) in [5, 5.41) is 16.1. The third-order valence-corrected chi connectivity index (χ3v) is 3.44. The summed E-state index contributed by atoms with van der Waals surface area (Å²) in [6.07, 6.45) is 1.91. The van der Waals surface area contributed by atoms with Crippen LogP contribution in [0.15, 0.2) is 12.1 Å². The largest absolute Gasteiger partial charge is 0.323 e. The number of benzene rings is 1. The van der Waals surface area contributed by atoms with E-state index in [1.165, 1.54) is 0 Å². The highest BCUT2D eigenvalue weighted by atomic mass is 19.1. The number of nitrogens with zero attached hydrogens (tertiary/aromatic N) is 1. The fourth-order valence-corrected chi connectivity index (χ4v) is 2.32. The molecule has 1 fully saturated rings. The standard InChI is InChI=1S/C13H15F2N3O3/c14-9-6-10(15)12(18(20)21)7-11(9)17-13(19)5-8-1-3-16-4-2-8/h6-8,16H,1-5H2,(H,17,19). The van der Waals surface area contributed by atoms with Gasteiger partial charge in [-0.05, 0) is 31.8 Å². The van der Waals surface area contributed by atoms with Gasteiger partial charge in [0, 0.05) is 18.6 Å². The predicted molar refractivity (Wildman–Crippen MR) is 71.9 cm³/mol. The Labute approximate surface area is 119 Å². The summed E-state index contributed by atoms with van der Waals surface area (Å²) < 4.78 is 26.7. The highest BCUT2D eigenvalue weighted by Gasteiger charge is 2.21. The minimum absolute atomic E-state index is 0.199. The van der Waals surface area contributed by atoms with Crippen LogP contribution in [-0.2, 0) is 4.79 Å². The number of anilines is 1. The third-order valence-electron chi connectivity index (χ3n) is 3.44. The van der Waals surface area contributed by atoms with E-state index >= 15 is 0 Å². The minimum atomic E-state index is -1.27. The molecule has 0 atom stereocenters. The number of nitro benzene ring substituents is 1. The zero-order valence-corrected chi connectivity index (χ0v) is 11.2. The number of carbonyl (C=O) groups excluding carboxylic acids is 1. The average Bonchev–Trinajstić information content (AvgIpc) is 2.42. The van der Waals surface area contributed by atoms with Crippen molar-refractivity contribution in [1.29, 1.82) is 0 Å². The molecule has 1 aliphatic rings. The normalized spacial score (nSPS) is 15.7. The van der Waals surface area contributed by atoms with Crippen molar-refractivity contribution in [3.05, 3.63) is 33.9 Å². The number of rotatable bonds is 4. The number of hydrogen-bond donors (Lipinski definition) is 2. The molecule has 1 amide bonds. The lowest BCUT2D eigenvalue weighted by Crippen LogP contribution is -2.30. The van der Waals surface area contributed by atoms with Crippen LogP contribution >= 0.6 is 0 Å². The highest BCUT2D eigenvalue weighted by Crippen LogP contribution is 2.26. The van der Waals surface area contributed by atoms with Gasteiger partial charge in [-0.2, -0.15) is 4.39 Å². The molecule has 2 rings (SSSR count). The lowest BCUT2D eigenvalue weighted by molar-refractivity contribution is -0.387. The van der Waals surface area contributed by atoms with Gasteiger partial charge in [-0.1, -0.05) is 0 Å². The van der Waals surface area contributed by atoms with Crippen LogP contribution in [0.25, 0.3) is 0 Å². The van der Waals surface area contributed by atoms with Crippen molar-refractivity contribution in [2.24, 2.45) is 5.92 Å². The molecule has 8 heteroatoms. The molecule has 6 nitrogen and oxygen atoms in total. The van der Waals surface area contributed by atoms with Crippen LogP contribution in [0.2, 0.25) is 0 Å². The van der Waals surface area contributed by atoms with Crippen molar-refractivity contribution >= 4 is 17.3 Å². The zero-order chi connectivity index (χ0) is 15.4. The van der Waals surface area contributed by atoms with Crippen molar-refractivity contribution in [3.8, 4) is 0 Å². The van der Waals surface area contributed by atoms with Crippen LogP contribution in [-0.4, -0.2) is 23.9 Å². The molecular formula is C13H15F2N3O3. The van der Waals surface area contributed by atoms with Crippen molar-refractivity contribution in [2.75, 3.05) is 18.4 Å². The van der Waals surface area contributed by atoms with Gasteiger partial charge in [0.25, 0.3) is 0 Å². The fourth-order valence-electron chi connectivity index (χ4n) is 2.32. The van der Waals surface area contributed by atoms with Crippen LogP contribution in [0.1, 0.15) is 19.3 Å². The SMILES string of the molecule is O=C(CC1CCNCC1)Nc1cc([N+](=O)[O-])c(F)cc1F. The van der Waals surface area contributed by atoms with Gasteiger partial charge in [-0.15, -0.1) is 0 Å². The molecule has 0 aromatic heterocycles. The van der Waals surface area contributed by atoms with Gasteiger partial charge >= 0.3 is 5.69 Å². The molecule has 0 bridgehead atoms. The first-order valence-electron chi connectivity index (χ1n) is 6.61. The van der Waals surface area contributed by atoms with Gasteiger partial charge in [0.15, 0.2) is 0 Å². The Balaban J connectivity index is 2.06. The van der Waals surface area contributed by atoms with Gasteiger partial charge < -0.3 is 10.6 Å². The molecule has 0 spiro atoms. The molecule has 1 saturated heterocycles. The minimum Gasteiger partial charge on any atom is -0.323 e. The van der Waals surface area contributed by atoms with E-state index in [1.54, 1.807) is 0 Å². The number of carbonyl (C=O) groups is 1. The van der Waals surface area contributed by atoms with Gasteiger partial charge in [-0.25, -0.2) is 4.39 Å². The second kappa shape index (κ2) is 6.57. The Morgan fingerprint density at radius 1 is 1.33 bits per heavy atom. The monoisotopic (exact) mass is 299 g/mol. The molecule has 1 heterocycles. The van der Waals surface area contributed by atoms with E-state index in [0.29, 0.717) is 12.1 Å². The Morgan fingerprint density at radius 3 is 2.62 bits per heavy atom. The fraction of sp³-hybridized carbons (Fsp3) is 0.462. The summed E-state index contributed by atoms with van der Waals surface area (Å²) in [4.78, 5) is 21.5. The van der Waals surface area contributed by atoms with E-state index in [2.05, 4.69) is 10.6 Å². The smallest absolute Gasteiger partial charge is 0.307 e. The Bertz CT molecular complexity index is 560. The van der Waals surface area contributed by atoms with Crippen molar-refractivity contribution in [3.63, 3.8) is 0 Å². The summed E-state index contributed by atoms with van der Waals surface area (Å²) in [6.45, 7) is 1.66. The number of piperidine rings is 1. The Hall–Kier alpha value is -2.09. The van der Waals surface area contributed by atoms with Crippen molar-refractivity contribution in [1.82, 2.24) is 5.32 Å². The second-order valence-corrected chi connectivity index (χ2v) is 4.99. The Morgan fingerprint density at radius 2 is 2.00 bits per heavy atom. The number of amides is 1. The summed E-state index contributed by atoms with van der Waals surface area (Å²) in [5.74, 6) is -2.53. The molecule has 1 aliphatic heterocycles. The molecule has 1 aromatic carbocycles. The zero-order valence-electron chi connectivity index (χ0n) is 11.2. The molecule has 21 heavy (non-hydrogen) atoms. The molecule has 1 aromatic rings. The van der Waals surface area contributed by atoms with E-state index in [0.717, 1.165) is 25.9 Å². The first-order chi connectivity index (χ1) is 9.97. The van der Waals surface area contributed by atoms with Crippen LogP contribution in [0.4, 0.5) is 20.2 Å². The molecule has 2 N–H and O–H groups in total. The summed E-state index contributed by atoms with van der Waals surface area (Å²) in [7, 11) is 0. The van der Waals surface area contributed by atoms with Gasteiger partial charge in [0.1, 0.15) is 5.82 Å². The highest BCUT2D eigenvalue weighted by molar-refractivity contribution is 5.91. The summed E-state index contributed by atoms with van der Waals surface area (Å²) >= 11 is 0. The average molecular weight is 299 g/mol. The van der Waals surface area contributed by atoms with Crippen molar-refractivity contribution in [2.45, 2.75) is 19.3 Å². The van der Waals surface area contributed by atoms with Crippen molar-refractivity contribution < 1.29 is 18.5 Å². The van der Waals surface area contributed by atoms with E-state index in [9.17, 15) is 23.7 Å². The number of halogens is 2. The Kier molecular flexibility index (Phi) is 4.79. The van der Waals surface area contributed by atoms with Crippen LogP contribution in [0, 0.1) is 27.7 Å². The van der Waals surface area contributed by atoms with Crippen LogP contribution in [0.5, 0.6) is 0 Å². The molecular weight excluding hydrogens is 284 g/mol. The van der Waals surface area contributed by atoms with E-state index in [4.69, 9.17) is 0 Å². The first-order valence-corrected chi connectivity index (χ1v) is 6.61. The lowest BCUT2D eigenvalue weighted by atomic mass is 9.94. The maximum atomic E-state index is 13.5. The topological polar surface area (TPSA) is 84.3 Å². The quantitative estimate of drug-likeness (QED) is 0.659. The third kappa shape index (κ3) is 3.94. The van der Waals surface area contributed by atoms with Gasteiger partial charge in [-0.3, -0.25) is 14.9 Å². The van der Waals surface area contributed by atoms with E-state index < -0.39 is 28.2 Å². The lowest BCUT2D eigenvalue weighted by Gasteiger charge is -2.21. The van der Waals surface area contributed by atoms with Gasteiger partial charge in [0.2, 0.25) is 11.7 Å². The molecule has 0 unspecified atom stereocenters. The number of hydrogen-bond acceptors (Lipinski definition) is 4. The molecule has 0 aliphatic carbocycles. The maximum absolute atomic E-state index is 13.5.